The molecule has 3 rings (SSSR count). The zero-order chi connectivity index (χ0) is 19.4. The van der Waals surface area contributed by atoms with Crippen molar-refractivity contribution in [3.8, 4) is 12.1 Å². The highest BCUT2D eigenvalue weighted by molar-refractivity contribution is 6.30. The van der Waals surface area contributed by atoms with Gasteiger partial charge in [-0.25, -0.2) is 5.01 Å². The number of hydrogen-bond acceptors (Lipinski definition) is 4. The number of nitrogens with zero attached hydrogens (tertiary/aromatic N) is 4. The van der Waals surface area contributed by atoms with E-state index in [0.29, 0.717) is 17.3 Å². The van der Waals surface area contributed by atoms with E-state index in [9.17, 15) is 15.3 Å². The molecule has 0 radical (unpaired) electrons. The highest BCUT2D eigenvalue weighted by Crippen LogP contribution is 2.37. The normalized spacial score (nSPS) is 17.4. The van der Waals surface area contributed by atoms with Crippen LogP contribution in [0.4, 0.5) is 0 Å². The summed E-state index contributed by atoms with van der Waals surface area (Å²) in [5.74, 6) is -2.43. The van der Waals surface area contributed by atoms with Gasteiger partial charge < -0.3 is 0 Å². The molecule has 27 heavy (non-hydrogen) atoms. The van der Waals surface area contributed by atoms with Crippen molar-refractivity contribution in [1.29, 1.82) is 10.5 Å². The fourth-order valence-corrected chi connectivity index (χ4v) is 3.50. The van der Waals surface area contributed by atoms with Gasteiger partial charge in [-0.2, -0.15) is 15.6 Å². The minimum Gasteiger partial charge on any atom is -0.272 e. The van der Waals surface area contributed by atoms with Crippen molar-refractivity contribution < 1.29 is 4.79 Å². The molecule has 1 amide bonds. The first-order valence-electron chi connectivity index (χ1n) is 8.50. The fraction of sp³-hybridized carbons (Fsp3) is 0.238. The predicted molar refractivity (Wildman–Crippen MR) is 103 cm³/mol. The molecule has 2 aromatic rings. The van der Waals surface area contributed by atoms with Crippen molar-refractivity contribution in [2.75, 3.05) is 0 Å². The standard InChI is InChI=1S/C21H17ClN4O/c1-14-19(21(27)26(25-14)13-15-5-3-2-4-6-15)20(17(11-23)12-24)16-7-9-18(22)10-8-16/h2-10,17,19-20H,13H2,1H3/t19-,20-/m1/s1. The number of carbonyl (C=O) groups is 1. The van der Waals surface area contributed by atoms with Gasteiger partial charge >= 0.3 is 0 Å². The summed E-state index contributed by atoms with van der Waals surface area (Å²) in [6.07, 6.45) is 0. The van der Waals surface area contributed by atoms with E-state index in [1.807, 2.05) is 42.5 Å². The van der Waals surface area contributed by atoms with Gasteiger partial charge in [0, 0.05) is 16.7 Å². The summed E-state index contributed by atoms with van der Waals surface area (Å²) in [5, 5.41) is 25.4. The molecule has 2 aromatic carbocycles. The Morgan fingerprint density at radius 2 is 1.74 bits per heavy atom. The molecule has 0 unspecified atom stereocenters. The minimum absolute atomic E-state index is 0.202. The van der Waals surface area contributed by atoms with Gasteiger partial charge in [0.05, 0.1) is 24.6 Å². The lowest BCUT2D eigenvalue weighted by Crippen LogP contribution is -2.34. The van der Waals surface area contributed by atoms with Gasteiger partial charge in [0.15, 0.2) is 0 Å². The number of hydrazone groups is 1. The van der Waals surface area contributed by atoms with E-state index in [2.05, 4.69) is 5.10 Å². The van der Waals surface area contributed by atoms with Crippen LogP contribution >= 0.6 is 11.6 Å². The lowest BCUT2D eigenvalue weighted by molar-refractivity contribution is -0.133. The minimum atomic E-state index is -0.970. The van der Waals surface area contributed by atoms with Gasteiger partial charge in [0.2, 0.25) is 0 Å². The van der Waals surface area contributed by atoms with E-state index in [1.54, 1.807) is 31.2 Å². The fourth-order valence-electron chi connectivity index (χ4n) is 3.38. The monoisotopic (exact) mass is 376 g/mol. The van der Waals surface area contributed by atoms with E-state index in [4.69, 9.17) is 11.6 Å². The van der Waals surface area contributed by atoms with Crippen LogP contribution in [0.5, 0.6) is 0 Å². The van der Waals surface area contributed by atoms with E-state index in [-0.39, 0.29) is 5.91 Å². The topological polar surface area (TPSA) is 80.2 Å². The number of amides is 1. The molecular formula is C21H17ClN4O. The first-order chi connectivity index (χ1) is 13.0. The van der Waals surface area contributed by atoms with Crippen molar-refractivity contribution in [2.45, 2.75) is 19.4 Å². The van der Waals surface area contributed by atoms with Crippen LogP contribution in [0, 0.1) is 34.5 Å². The average molecular weight is 377 g/mol. The van der Waals surface area contributed by atoms with E-state index < -0.39 is 17.8 Å². The highest BCUT2D eigenvalue weighted by Gasteiger charge is 2.43. The van der Waals surface area contributed by atoms with Crippen molar-refractivity contribution >= 4 is 23.2 Å². The van der Waals surface area contributed by atoms with Crippen LogP contribution in [0.3, 0.4) is 0 Å². The zero-order valence-electron chi connectivity index (χ0n) is 14.7. The van der Waals surface area contributed by atoms with Crippen molar-refractivity contribution in [1.82, 2.24) is 5.01 Å². The number of benzene rings is 2. The number of hydrogen-bond donors (Lipinski definition) is 0. The Morgan fingerprint density at radius 1 is 1.11 bits per heavy atom. The maximum atomic E-state index is 13.1. The van der Waals surface area contributed by atoms with E-state index in [1.165, 1.54) is 5.01 Å². The molecule has 2 atom stereocenters. The smallest absolute Gasteiger partial charge is 0.252 e. The molecule has 0 saturated heterocycles. The number of rotatable bonds is 5. The summed E-state index contributed by atoms with van der Waals surface area (Å²) in [6, 6.07) is 20.5. The largest absolute Gasteiger partial charge is 0.272 e. The van der Waals surface area contributed by atoms with Crippen LogP contribution in [-0.2, 0) is 11.3 Å². The van der Waals surface area contributed by atoms with Gasteiger partial charge in [-0.05, 0) is 30.2 Å². The SMILES string of the molecule is CC1=NN(Cc2ccccc2)C(=O)[C@H]1[C@H](c1ccc(Cl)cc1)C(C#N)C#N. The lowest BCUT2D eigenvalue weighted by atomic mass is 9.76. The lowest BCUT2D eigenvalue weighted by Gasteiger charge is -2.24. The second-order valence-corrected chi connectivity index (χ2v) is 6.85. The third-order valence-electron chi connectivity index (χ3n) is 4.68. The molecular weight excluding hydrogens is 360 g/mol. The quantitative estimate of drug-likeness (QED) is 0.787. The maximum Gasteiger partial charge on any atom is 0.252 e. The van der Waals surface area contributed by atoms with Crippen molar-refractivity contribution in [3.05, 3.63) is 70.7 Å². The molecule has 1 aliphatic rings. The van der Waals surface area contributed by atoms with Crippen LogP contribution < -0.4 is 0 Å². The second-order valence-electron chi connectivity index (χ2n) is 6.41. The first kappa shape index (κ1) is 18.6. The highest BCUT2D eigenvalue weighted by atomic mass is 35.5. The van der Waals surface area contributed by atoms with Crippen LogP contribution in [-0.4, -0.2) is 16.6 Å². The van der Waals surface area contributed by atoms with Crippen LogP contribution in [0.1, 0.15) is 24.0 Å². The van der Waals surface area contributed by atoms with E-state index in [0.717, 1.165) is 11.1 Å². The third kappa shape index (κ3) is 3.84. The Bertz CT molecular complexity index is 927. The summed E-state index contributed by atoms with van der Waals surface area (Å²) >= 11 is 5.97. The summed E-state index contributed by atoms with van der Waals surface area (Å²) in [6.45, 7) is 2.12. The summed E-state index contributed by atoms with van der Waals surface area (Å²) in [4.78, 5) is 13.1. The Kier molecular flexibility index (Phi) is 5.54. The molecule has 5 nitrogen and oxygen atoms in total. The average Bonchev–Trinajstić information content (AvgIpc) is 2.95. The molecule has 0 N–H and O–H groups in total. The number of carbonyl (C=O) groups excluding carboxylic acids is 1. The first-order valence-corrected chi connectivity index (χ1v) is 8.88. The summed E-state index contributed by atoms with van der Waals surface area (Å²) in [7, 11) is 0. The van der Waals surface area contributed by atoms with Gasteiger partial charge in [-0.1, -0.05) is 54.1 Å². The molecule has 6 heteroatoms. The molecule has 134 valence electrons. The summed E-state index contributed by atoms with van der Waals surface area (Å²) in [5.41, 5.74) is 2.29. The van der Waals surface area contributed by atoms with Crippen LogP contribution in [0.25, 0.3) is 0 Å². The predicted octanol–water partition coefficient (Wildman–Crippen LogP) is 4.12. The zero-order valence-corrected chi connectivity index (χ0v) is 15.5. The Labute approximate surface area is 163 Å². The van der Waals surface area contributed by atoms with Gasteiger partial charge in [0.1, 0.15) is 5.92 Å². The second kappa shape index (κ2) is 8.03. The van der Waals surface area contributed by atoms with Crippen LogP contribution in [0.2, 0.25) is 5.02 Å². The van der Waals surface area contributed by atoms with Crippen molar-refractivity contribution in [3.63, 3.8) is 0 Å². The van der Waals surface area contributed by atoms with Crippen LogP contribution in [0.15, 0.2) is 59.7 Å². The molecule has 0 spiro atoms. The number of nitriles is 2. The Morgan fingerprint density at radius 3 is 2.33 bits per heavy atom. The van der Waals surface area contributed by atoms with Gasteiger partial charge in [0.25, 0.3) is 5.91 Å². The molecule has 1 heterocycles. The third-order valence-corrected chi connectivity index (χ3v) is 4.93. The number of halogens is 1. The molecule has 0 saturated carbocycles. The molecule has 0 aromatic heterocycles. The molecule has 1 aliphatic heterocycles. The molecule has 0 bridgehead atoms. The molecule has 0 fully saturated rings. The van der Waals surface area contributed by atoms with Gasteiger partial charge in [-0.3, -0.25) is 4.79 Å². The van der Waals surface area contributed by atoms with Crippen molar-refractivity contribution in [2.24, 2.45) is 16.9 Å². The molecule has 0 aliphatic carbocycles. The van der Waals surface area contributed by atoms with Gasteiger partial charge in [-0.15, -0.1) is 0 Å². The summed E-state index contributed by atoms with van der Waals surface area (Å²) < 4.78 is 0. The maximum absolute atomic E-state index is 13.1. The Hall–Kier alpha value is -3.15. The van der Waals surface area contributed by atoms with E-state index >= 15 is 0 Å². The Balaban J connectivity index is 1.94.